The number of unbranched alkanes of at least 4 members (excludes halogenated alkanes) is 1. The molecule has 6 N–H and O–H groups in total. The minimum Gasteiger partial charge on any atom is -0.378 e. The number of aromatic nitrogens is 3. The van der Waals surface area contributed by atoms with Crippen LogP contribution in [0, 0.1) is 0 Å². The molecular formula is C25H40N8O3. The Bertz CT molecular complexity index is 907. The summed E-state index contributed by atoms with van der Waals surface area (Å²) in [5.74, 6) is 1.41. The third-order valence-corrected chi connectivity index (χ3v) is 5.71. The molecule has 0 atom stereocenters. The molecule has 0 unspecified atom stereocenters. The topological polar surface area (TPSA) is 148 Å². The van der Waals surface area contributed by atoms with Crippen molar-refractivity contribution in [2.75, 3.05) is 62.0 Å². The second kappa shape index (κ2) is 15.9. The molecule has 0 bridgehead atoms. The van der Waals surface area contributed by atoms with E-state index >= 15 is 0 Å². The highest BCUT2D eigenvalue weighted by atomic mass is 16.5. The predicted molar refractivity (Wildman–Crippen MR) is 142 cm³/mol. The van der Waals surface area contributed by atoms with Crippen LogP contribution < -0.4 is 27.0 Å². The number of hydrogen-bond acceptors (Lipinski definition) is 10. The van der Waals surface area contributed by atoms with Gasteiger partial charge < -0.3 is 36.5 Å². The van der Waals surface area contributed by atoms with Gasteiger partial charge in [0.25, 0.3) is 5.91 Å². The molecule has 1 heterocycles. The number of nitrogens with zero attached hydrogens (tertiary/aromatic N) is 3. The van der Waals surface area contributed by atoms with Crippen LogP contribution in [0.1, 0.15) is 55.8 Å². The summed E-state index contributed by atoms with van der Waals surface area (Å²) in [6.45, 7) is 5.78. The van der Waals surface area contributed by atoms with Gasteiger partial charge in [-0.25, -0.2) is 0 Å². The normalized spacial score (nSPS) is 13.5. The molecule has 2 aromatic rings. The Morgan fingerprint density at radius 3 is 2.36 bits per heavy atom. The zero-order chi connectivity index (χ0) is 25.4. The maximum Gasteiger partial charge on any atom is 0.251 e. The molecule has 1 aromatic carbocycles. The minimum absolute atomic E-state index is 0.157. The molecule has 198 valence electrons. The molecular weight excluding hydrogens is 460 g/mol. The van der Waals surface area contributed by atoms with Crippen molar-refractivity contribution < 1.29 is 14.3 Å². The predicted octanol–water partition coefficient (Wildman–Crippen LogP) is 2.90. The van der Waals surface area contributed by atoms with E-state index in [0.29, 0.717) is 69.0 Å². The van der Waals surface area contributed by atoms with E-state index in [9.17, 15) is 4.79 Å². The number of anilines is 4. The van der Waals surface area contributed by atoms with Gasteiger partial charge in [0, 0.05) is 36.9 Å². The lowest BCUT2D eigenvalue weighted by Gasteiger charge is -2.14. The van der Waals surface area contributed by atoms with E-state index in [2.05, 4.69) is 43.1 Å². The fourth-order valence-electron chi connectivity index (χ4n) is 3.78. The summed E-state index contributed by atoms with van der Waals surface area (Å²) < 4.78 is 10.7. The highest BCUT2D eigenvalue weighted by molar-refractivity contribution is 5.94. The number of carbonyl (C=O) groups is 1. The summed E-state index contributed by atoms with van der Waals surface area (Å²) in [6, 6.07) is 7.59. The van der Waals surface area contributed by atoms with Crippen molar-refractivity contribution in [2.24, 2.45) is 5.73 Å². The molecule has 11 heteroatoms. The molecule has 11 nitrogen and oxygen atoms in total. The molecule has 0 saturated heterocycles. The first kappa shape index (κ1) is 27.6. The standard InChI is InChI=1S/C25H40N8O3/c1-2-3-13-28-23-31-24(29-20-6-4-5-7-20)33-25(32-23)30-21-10-8-19(9-11-21)22(34)27-14-16-36-18-17-35-15-12-26/h8-11,20H,2-7,12-18,26H2,1H3,(H,27,34)(H3,28,29,30,31,32,33). The average Bonchev–Trinajstić information content (AvgIpc) is 3.39. The van der Waals surface area contributed by atoms with Crippen molar-refractivity contribution >= 4 is 29.4 Å². The Labute approximate surface area is 213 Å². The molecule has 36 heavy (non-hydrogen) atoms. The number of ether oxygens (including phenoxy) is 2. The second-order valence-corrected chi connectivity index (χ2v) is 8.68. The van der Waals surface area contributed by atoms with E-state index in [1.54, 1.807) is 12.1 Å². The third kappa shape index (κ3) is 9.92. The van der Waals surface area contributed by atoms with Gasteiger partial charge in [0.05, 0.1) is 26.4 Å². The van der Waals surface area contributed by atoms with Crippen LogP contribution in [0.15, 0.2) is 24.3 Å². The van der Waals surface area contributed by atoms with Gasteiger partial charge in [0.2, 0.25) is 17.8 Å². The highest BCUT2D eigenvalue weighted by Gasteiger charge is 2.17. The Kier molecular flexibility index (Phi) is 12.2. The number of nitrogens with one attached hydrogen (secondary N) is 4. The molecule has 0 spiro atoms. The van der Waals surface area contributed by atoms with Crippen LogP contribution in [0.25, 0.3) is 0 Å². The van der Waals surface area contributed by atoms with E-state index in [1.807, 2.05) is 12.1 Å². The zero-order valence-corrected chi connectivity index (χ0v) is 21.2. The first-order valence-corrected chi connectivity index (χ1v) is 12.9. The third-order valence-electron chi connectivity index (χ3n) is 5.71. The highest BCUT2D eigenvalue weighted by Crippen LogP contribution is 2.22. The average molecular weight is 501 g/mol. The molecule has 1 fully saturated rings. The molecule has 1 amide bonds. The van der Waals surface area contributed by atoms with Crippen LogP contribution >= 0.6 is 0 Å². The number of benzene rings is 1. The van der Waals surface area contributed by atoms with Gasteiger partial charge in [0.1, 0.15) is 0 Å². The fraction of sp³-hybridized carbons (Fsp3) is 0.600. The summed E-state index contributed by atoms with van der Waals surface area (Å²) >= 11 is 0. The van der Waals surface area contributed by atoms with E-state index in [-0.39, 0.29) is 5.91 Å². The van der Waals surface area contributed by atoms with Crippen molar-refractivity contribution in [2.45, 2.75) is 51.5 Å². The van der Waals surface area contributed by atoms with Gasteiger partial charge in [-0.3, -0.25) is 4.79 Å². The van der Waals surface area contributed by atoms with Crippen LogP contribution in [0.5, 0.6) is 0 Å². The van der Waals surface area contributed by atoms with Gasteiger partial charge >= 0.3 is 0 Å². The maximum atomic E-state index is 12.4. The zero-order valence-electron chi connectivity index (χ0n) is 21.2. The lowest BCUT2D eigenvalue weighted by Crippen LogP contribution is -2.27. The minimum atomic E-state index is -0.157. The summed E-state index contributed by atoms with van der Waals surface area (Å²) in [6.07, 6.45) is 6.85. The summed E-state index contributed by atoms with van der Waals surface area (Å²) in [4.78, 5) is 26.0. The maximum absolute atomic E-state index is 12.4. The van der Waals surface area contributed by atoms with E-state index in [4.69, 9.17) is 15.2 Å². The molecule has 1 aliphatic rings. The summed E-state index contributed by atoms with van der Waals surface area (Å²) in [5, 5.41) is 12.8. The number of carbonyl (C=O) groups excluding carboxylic acids is 1. The number of amides is 1. The first-order chi connectivity index (χ1) is 17.7. The van der Waals surface area contributed by atoms with Crippen LogP contribution in [0.4, 0.5) is 23.5 Å². The number of hydrogen-bond donors (Lipinski definition) is 5. The molecule has 1 saturated carbocycles. The summed E-state index contributed by atoms with van der Waals surface area (Å²) in [7, 11) is 0. The van der Waals surface area contributed by atoms with Gasteiger partial charge in [0.15, 0.2) is 0 Å². The number of rotatable bonds is 17. The Balaban J connectivity index is 1.51. The Hall–Kier alpha value is -3.02. The molecule has 3 rings (SSSR count). The lowest BCUT2D eigenvalue weighted by molar-refractivity contribution is 0.0511. The largest absolute Gasteiger partial charge is 0.378 e. The van der Waals surface area contributed by atoms with E-state index < -0.39 is 0 Å². The van der Waals surface area contributed by atoms with Crippen molar-refractivity contribution in [1.82, 2.24) is 20.3 Å². The molecule has 0 radical (unpaired) electrons. The van der Waals surface area contributed by atoms with E-state index in [1.165, 1.54) is 12.8 Å². The van der Waals surface area contributed by atoms with Gasteiger partial charge in [-0.05, 0) is 43.5 Å². The van der Waals surface area contributed by atoms with Crippen molar-refractivity contribution in [3.8, 4) is 0 Å². The van der Waals surface area contributed by atoms with Crippen molar-refractivity contribution in [1.29, 1.82) is 0 Å². The fourth-order valence-corrected chi connectivity index (χ4v) is 3.78. The molecule has 0 aliphatic heterocycles. The monoisotopic (exact) mass is 500 g/mol. The summed E-state index contributed by atoms with van der Waals surface area (Å²) in [5.41, 5.74) is 6.70. The first-order valence-electron chi connectivity index (χ1n) is 12.9. The Morgan fingerprint density at radius 2 is 1.64 bits per heavy atom. The lowest BCUT2D eigenvalue weighted by atomic mass is 10.2. The Morgan fingerprint density at radius 1 is 0.944 bits per heavy atom. The molecule has 1 aliphatic carbocycles. The van der Waals surface area contributed by atoms with Crippen LogP contribution in [0.3, 0.4) is 0 Å². The van der Waals surface area contributed by atoms with Crippen LogP contribution in [-0.2, 0) is 9.47 Å². The SMILES string of the molecule is CCCCNc1nc(Nc2ccc(C(=O)NCCOCCOCCN)cc2)nc(NC2CCCC2)n1. The van der Waals surface area contributed by atoms with E-state index in [0.717, 1.165) is 37.9 Å². The smallest absolute Gasteiger partial charge is 0.251 e. The van der Waals surface area contributed by atoms with Crippen molar-refractivity contribution in [3.63, 3.8) is 0 Å². The van der Waals surface area contributed by atoms with Crippen LogP contribution in [-0.4, -0.2) is 73.0 Å². The van der Waals surface area contributed by atoms with Gasteiger partial charge in [-0.1, -0.05) is 26.2 Å². The second-order valence-electron chi connectivity index (χ2n) is 8.68. The molecule has 1 aromatic heterocycles. The number of nitrogens with two attached hydrogens (primary N) is 1. The van der Waals surface area contributed by atoms with Crippen molar-refractivity contribution in [3.05, 3.63) is 29.8 Å². The van der Waals surface area contributed by atoms with Crippen LogP contribution in [0.2, 0.25) is 0 Å². The van der Waals surface area contributed by atoms with Gasteiger partial charge in [-0.15, -0.1) is 0 Å². The quantitative estimate of drug-likeness (QED) is 0.205. The van der Waals surface area contributed by atoms with Gasteiger partial charge in [-0.2, -0.15) is 15.0 Å².